The van der Waals surface area contributed by atoms with Gasteiger partial charge in [-0.25, -0.2) is 4.98 Å². The molecule has 82 valence electrons. The van der Waals surface area contributed by atoms with Crippen LogP contribution >= 0.6 is 11.6 Å². The first-order valence-corrected chi connectivity index (χ1v) is 5.31. The molecule has 3 nitrogen and oxygen atoms in total. The van der Waals surface area contributed by atoms with Crippen molar-refractivity contribution in [1.29, 1.82) is 0 Å². The molecule has 0 aliphatic rings. The first-order valence-electron chi connectivity index (χ1n) is 4.93. The quantitative estimate of drug-likeness (QED) is 0.888. The second-order valence-corrected chi connectivity index (χ2v) is 4.01. The van der Waals surface area contributed by atoms with Gasteiger partial charge in [0.15, 0.2) is 0 Å². The minimum atomic E-state index is -0.340. The third kappa shape index (κ3) is 2.14. The van der Waals surface area contributed by atoms with Crippen molar-refractivity contribution in [3.05, 3.63) is 53.1 Å². The number of hydrogen-bond acceptors (Lipinski definition) is 2. The number of aromatic amines is 1. The van der Waals surface area contributed by atoms with Gasteiger partial charge in [0.2, 0.25) is 0 Å². The van der Waals surface area contributed by atoms with E-state index in [2.05, 4.69) is 9.97 Å². The number of hydrogen-bond donors (Lipinski definition) is 1. The Kier molecular flexibility index (Phi) is 3.06. The molecule has 0 saturated carbocycles. The van der Waals surface area contributed by atoms with Crippen molar-refractivity contribution in [2.24, 2.45) is 0 Å². The maximum Gasteiger partial charge on any atom is 0.144 e. The van der Waals surface area contributed by atoms with Gasteiger partial charge in [0.1, 0.15) is 17.5 Å². The largest absolute Gasteiger partial charge is 0.348 e. The zero-order valence-electron chi connectivity index (χ0n) is 8.77. The molecule has 0 bridgehead atoms. The lowest BCUT2D eigenvalue weighted by molar-refractivity contribution is -0.117. The van der Waals surface area contributed by atoms with Gasteiger partial charge in [0.25, 0.3) is 0 Å². The molecule has 4 heteroatoms. The summed E-state index contributed by atoms with van der Waals surface area (Å²) >= 11 is 5.81. The Morgan fingerprint density at radius 2 is 2.06 bits per heavy atom. The van der Waals surface area contributed by atoms with Crippen LogP contribution in [0.3, 0.4) is 0 Å². The van der Waals surface area contributed by atoms with E-state index in [1.54, 1.807) is 31.5 Å². The number of imidazole rings is 1. The van der Waals surface area contributed by atoms with Crippen molar-refractivity contribution in [2.45, 2.75) is 12.8 Å². The summed E-state index contributed by atoms with van der Waals surface area (Å²) in [6.07, 6.45) is 3.35. The van der Waals surface area contributed by atoms with Gasteiger partial charge in [0.05, 0.1) is 0 Å². The molecule has 2 aromatic rings. The molecular formula is C12H11ClN2O. The summed E-state index contributed by atoms with van der Waals surface area (Å²) in [5, 5.41) is 0.658. The summed E-state index contributed by atoms with van der Waals surface area (Å²) < 4.78 is 0. The second-order valence-electron chi connectivity index (χ2n) is 3.57. The third-order valence-electron chi connectivity index (χ3n) is 2.40. The molecule has 16 heavy (non-hydrogen) atoms. The smallest absolute Gasteiger partial charge is 0.144 e. The average molecular weight is 235 g/mol. The molecule has 0 aliphatic carbocycles. The molecule has 1 unspecified atom stereocenters. The number of nitrogens with one attached hydrogen (secondary N) is 1. The highest BCUT2D eigenvalue weighted by Gasteiger charge is 2.20. The Hall–Kier alpha value is -1.61. The third-order valence-corrected chi connectivity index (χ3v) is 2.65. The molecule has 1 N–H and O–H groups in total. The van der Waals surface area contributed by atoms with Crippen molar-refractivity contribution in [1.82, 2.24) is 9.97 Å². The molecule has 1 atom stereocenters. The van der Waals surface area contributed by atoms with Crippen LogP contribution in [0.1, 0.15) is 24.2 Å². The SMILES string of the molecule is CC(=O)C(c1ccc(Cl)cc1)c1ncc[nH]1. The van der Waals surface area contributed by atoms with Gasteiger partial charge < -0.3 is 4.98 Å². The van der Waals surface area contributed by atoms with Crippen LogP contribution in [0.25, 0.3) is 0 Å². The van der Waals surface area contributed by atoms with E-state index in [9.17, 15) is 4.79 Å². The number of H-pyrrole nitrogens is 1. The molecule has 0 amide bonds. The molecule has 0 spiro atoms. The highest BCUT2D eigenvalue weighted by molar-refractivity contribution is 6.30. The molecule has 0 radical (unpaired) electrons. The summed E-state index contributed by atoms with van der Waals surface area (Å²) in [4.78, 5) is 18.7. The van der Waals surface area contributed by atoms with E-state index in [1.165, 1.54) is 0 Å². The molecule has 0 aliphatic heterocycles. The first-order chi connectivity index (χ1) is 7.68. The van der Waals surface area contributed by atoms with Gasteiger partial charge >= 0.3 is 0 Å². The summed E-state index contributed by atoms with van der Waals surface area (Å²) in [5.74, 6) is 0.374. The Labute approximate surface area is 98.5 Å². The number of aromatic nitrogens is 2. The summed E-state index contributed by atoms with van der Waals surface area (Å²) in [6, 6.07) is 7.24. The monoisotopic (exact) mass is 234 g/mol. The van der Waals surface area contributed by atoms with Crippen LogP contribution < -0.4 is 0 Å². The predicted molar refractivity (Wildman–Crippen MR) is 62.6 cm³/mol. The van der Waals surface area contributed by atoms with Crippen LogP contribution in [0.4, 0.5) is 0 Å². The molecule has 0 saturated heterocycles. The van der Waals surface area contributed by atoms with E-state index < -0.39 is 0 Å². The van der Waals surface area contributed by atoms with Crippen molar-refractivity contribution < 1.29 is 4.79 Å². The van der Waals surface area contributed by atoms with Gasteiger partial charge in [0, 0.05) is 17.4 Å². The summed E-state index contributed by atoms with van der Waals surface area (Å²) in [5.41, 5.74) is 0.895. The van der Waals surface area contributed by atoms with Crippen LogP contribution in [0.2, 0.25) is 5.02 Å². The topological polar surface area (TPSA) is 45.8 Å². The lowest BCUT2D eigenvalue weighted by atomic mass is 9.95. The molecule has 1 heterocycles. The highest BCUT2D eigenvalue weighted by atomic mass is 35.5. The number of rotatable bonds is 3. The van der Waals surface area contributed by atoms with Gasteiger partial charge in [-0.15, -0.1) is 0 Å². The van der Waals surface area contributed by atoms with Crippen molar-refractivity contribution in [3.63, 3.8) is 0 Å². The normalized spacial score (nSPS) is 12.4. The van der Waals surface area contributed by atoms with E-state index in [1.807, 2.05) is 12.1 Å². The second kappa shape index (κ2) is 4.49. The van der Waals surface area contributed by atoms with E-state index in [4.69, 9.17) is 11.6 Å². The molecule has 1 aromatic heterocycles. The first kappa shape index (κ1) is 10.9. The number of Topliss-reactive ketones (excluding diaryl/α,β-unsaturated/α-hetero) is 1. The molecule has 0 fully saturated rings. The number of benzene rings is 1. The Morgan fingerprint density at radius 3 is 2.56 bits per heavy atom. The predicted octanol–water partition coefficient (Wildman–Crippen LogP) is 2.78. The number of nitrogens with zero attached hydrogens (tertiary/aromatic N) is 1. The number of carbonyl (C=O) groups excluding carboxylic acids is 1. The summed E-state index contributed by atoms with van der Waals surface area (Å²) in [6.45, 7) is 1.56. The minimum absolute atomic E-state index is 0.0530. The van der Waals surface area contributed by atoms with Crippen LogP contribution in [0.5, 0.6) is 0 Å². The molecule has 2 rings (SSSR count). The van der Waals surface area contributed by atoms with Crippen molar-refractivity contribution in [3.8, 4) is 0 Å². The van der Waals surface area contributed by atoms with Crippen LogP contribution in [-0.2, 0) is 4.79 Å². The Bertz CT molecular complexity index is 476. The Balaban J connectivity index is 2.41. The van der Waals surface area contributed by atoms with Crippen molar-refractivity contribution in [2.75, 3.05) is 0 Å². The van der Waals surface area contributed by atoms with E-state index in [0.29, 0.717) is 10.8 Å². The van der Waals surface area contributed by atoms with Gasteiger partial charge in [-0.05, 0) is 24.6 Å². The number of ketones is 1. The zero-order valence-corrected chi connectivity index (χ0v) is 9.53. The lowest BCUT2D eigenvalue weighted by Gasteiger charge is -2.11. The van der Waals surface area contributed by atoms with Gasteiger partial charge in [-0.1, -0.05) is 23.7 Å². The van der Waals surface area contributed by atoms with E-state index in [0.717, 1.165) is 5.56 Å². The van der Waals surface area contributed by atoms with Crippen molar-refractivity contribution >= 4 is 17.4 Å². The summed E-state index contributed by atoms with van der Waals surface area (Å²) in [7, 11) is 0. The fourth-order valence-corrected chi connectivity index (χ4v) is 1.80. The molecular weight excluding hydrogens is 224 g/mol. The Morgan fingerprint density at radius 1 is 1.38 bits per heavy atom. The van der Waals surface area contributed by atoms with E-state index in [-0.39, 0.29) is 11.7 Å². The van der Waals surface area contributed by atoms with E-state index >= 15 is 0 Å². The maximum atomic E-state index is 11.6. The standard InChI is InChI=1S/C12H11ClN2O/c1-8(16)11(12-14-6-7-15-12)9-2-4-10(13)5-3-9/h2-7,11H,1H3,(H,14,15). The van der Waals surface area contributed by atoms with Gasteiger partial charge in [-0.2, -0.15) is 0 Å². The molecule has 1 aromatic carbocycles. The fourth-order valence-electron chi connectivity index (χ4n) is 1.68. The average Bonchev–Trinajstić information content (AvgIpc) is 2.74. The fraction of sp³-hybridized carbons (Fsp3) is 0.167. The minimum Gasteiger partial charge on any atom is -0.348 e. The van der Waals surface area contributed by atoms with Crippen LogP contribution in [0, 0.1) is 0 Å². The number of halogens is 1. The number of carbonyl (C=O) groups is 1. The van der Waals surface area contributed by atoms with Gasteiger partial charge in [-0.3, -0.25) is 4.79 Å². The zero-order chi connectivity index (χ0) is 11.5. The van der Waals surface area contributed by atoms with Crippen LogP contribution in [-0.4, -0.2) is 15.8 Å². The lowest BCUT2D eigenvalue weighted by Crippen LogP contribution is -2.12. The highest BCUT2D eigenvalue weighted by Crippen LogP contribution is 2.24. The van der Waals surface area contributed by atoms with Crippen LogP contribution in [0.15, 0.2) is 36.7 Å². The maximum absolute atomic E-state index is 11.6.